The van der Waals surface area contributed by atoms with Gasteiger partial charge in [0.25, 0.3) is 0 Å². The predicted molar refractivity (Wildman–Crippen MR) is 84.7 cm³/mol. The first-order valence-corrected chi connectivity index (χ1v) is 8.17. The first-order valence-electron chi connectivity index (χ1n) is 8.17. The van der Waals surface area contributed by atoms with Gasteiger partial charge in [-0.05, 0) is 44.0 Å². The first kappa shape index (κ1) is 16.4. The molecule has 1 aromatic rings. The zero-order valence-corrected chi connectivity index (χ0v) is 13.4. The molecule has 3 rings (SSSR count). The van der Waals surface area contributed by atoms with Crippen LogP contribution in [-0.4, -0.2) is 49.4 Å². The summed E-state index contributed by atoms with van der Waals surface area (Å²) in [5, 5.41) is 2.77. The molecule has 126 valence electrons. The third-order valence-electron chi connectivity index (χ3n) is 4.43. The average molecular weight is 322 g/mol. The van der Waals surface area contributed by atoms with Crippen LogP contribution in [0.25, 0.3) is 0 Å². The number of amides is 1. The van der Waals surface area contributed by atoms with Gasteiger partial charge in [0.2, 0.25) is 5.91 Å². The number of halogens is 1. The van der Waals surface area contributed by atoms with E-state index in [1.54, 1.807) is 19.1 Å². The zero-order chi connectivity index (χ0) is 16.2. The Balaban J connectivity index is 1.59. The van der Waals surface area contributed by atoms with Crippen LogP contribution in [0, 0.1) is 12.7 Å². The summed E-state index contributed by atoms with van der Waals surface area (Å²) in [6.45, 7) is 4.04. The SMILES string of the molecule is Cc1ccc(NC(=O)CN2CCCCC2C2OCCO2)cc1F. The fourth-order valence-corrected chi connectivity index (χ4v) is 3.18. The van der Waals surface area contributed by atoms with Crippen molar-refractivity contribution in [1.29, 1.82) is 0 Å². The minimum absolute atomic E-state index is 0.117. The highest BCUT2D eigenvalue weighted by Crippen LogP contribution is 2.24. The fraction of sp³-hybridized carbons (Fsp3) is 0.588. The lowest BCUT2D eigenvalue weighted by Gasteiger charge is -2.37. The maximum Gasteiger partial charge on any atom is 0.238 e. The van der Waals surface area contributed by atoms with Gasteiger partial charge in [0, 0.05) is 5.69 Å². The minimum atomic E-state index is -0.314. The second-order valence-electron chi connectivity index (χ2n) is 6.16. The van der Waals surface area contributed by atoms with Crippen LogP contribution in [0.5, 0.6) is 0 Å². The molecule has 0 bridgehead atoms. The van der Waals surface area contributed by atoms with Crippen molar-refractivity contribution < 1.29 is 18.7 Å². The molecule has 0 aromatic heterocycles. The first-order chi connectivity index (χ1) is 11.1. The van der Waals surface area contributed by atoms with Crippen molar-refractivity contribution >= 4 is 11.6 Å². The molecule has 0 spiro atoms. The number of carbonyl (C=O) groups excluding carboxylic acids is 1. The Bertz CT molecular complexity index is 561. The third-order valence-corrected chi connectivity index (χ3v) is 4.43. The molecule has 1 unspecified atom stereocenters. The van der Waals surface area contributed by atoms with Crippen LogP contribution in [0.15, 0.2) is 18.2 Å². The van der Waals surface area contributed by atoms with Crippen LogP contribution in [0.1, 0.15) is 24.8 Å². The molecule has 2 fully saturated rings. The molecule has 0 radical (unpaired) electrons. The second-order valence-corrected chi connectivity index (χ2v) is 6.16. The van der Waals surface area contributed by atoms with Crippen LogP contribution in [0.3, 0.4) is 0 Å². The Hall–Kier alpha value is -1.50. The number of likely N-dealkylation sites (tertiary alicyclic amines) is 1. The Morgan fingerprint density at radius 2 is 2.13 bits per heavy atom. The van der Waals surface area contributed by atoms with Crippen LogP contribution in [0.2, 0.25) is 0 Å². The molecule has 1 aromatic carbocycles. The summed E-state index contributed by atoms with van der Waals surface area (Å²) < 4.78 is 24.8. The van der Waals surface area contributed by atoms with Gasteiger partial charge in [0.1, 0.15) is 5.82 Å². The summed E-state index contributed by atoms with van der Waals surface area (Å²) in [7, 11) is 0. The lowest BCUT2D eigenvalue weighted by Crippen LogP contribution is -2.50. The largest absolute Gasteiger partial charge is 0.349 e. The summed E-state index contributed by atoms with van der Waals surface area (Å²) >= 11 is 0. The summed E-state index contributed by atoms with van der Waals surface area (Å²) in [6, 6.07) is 4.85. The summed E-state index contributed by atoms with van der Waals surface area (Å²) in [5.41, 5.74) is 1.05. The Morgan fingerprint density at radius 3 is 2.87 bits per heavy atom. The molecule has 1 N–H and O–H groups in total. The molecular formula is C17H23FN2O3. The Kier molecular flexibility index (Phi) is 5.25. The molecule has 2 saturated heterocycles. The smallest absolute Gasteiger partial charge is 0.238 e. The number of benzene rings is 1. The van der Waals surface area contributed by atoms with Gasteiger partial charge in [-0.2, -0.15) is 0 Å². The van der Waals surface area contributed by atoms with E-state index in [0.717, 1.165) is 25.8 Å². The molecule has 1 amide bonds. The quantitative estimate of drug-likeness (QED) is 0.924. The van der Waals surface area contributed by atoms with Gasteiger partial charge in [-0.15, -0.1) is 0 Å². The van der Waals surface area contributed by atoms with E-state index in [9.17, 15) is 9.18 Å². The van der Waals surface area contributed by atoms with Gasteiger partial charge in [0.15, 0.2) is 6.29 Å². The van der Waals surface area contributed by atoms with E-state index in [1.807, 2.05) is 0 Å². The van der Waals surface area contributed by atoms with Crippen molar-refractivity contribution in [2.24, 2.45) is 0 Å². The van der Waals surface area contributed by atoms with Gasteiger partial charge in [0.05, 0.1) is 25.8 Å². The molecule has 2 aliphatic rings. The number of nitrogens with zero attached hydrogens (tertiary/aromatic N) is 1. The topological polar surface area (TPSA) is 50.8 Å². The standard InChI is InChI=1S/C17H23FN2O3/c1-12-5-6-13(10-14(12)18)19-16(21)11-20-7-3-2-4-15(20)17-22-8-9-23-17/h5-6,10,15,17H,2-4,7-9,11H2,1H3,(H,19,21). The number of piperidine rings is 1. The molecule has 0 aliphatic carbocycles. The van der Waals surface area contributed by atoms with Gasteiger partial charge in [-0.3, -0.25) is 9.69 Å². The van der Waals surface area contributed by atoms with Crippen LogP contribution < -0.4 is 5.32 Å². The number of hydrogen-bond donors (Lipinski definition) is 1. The number of ether oxygens (including phenoxy) is 2. The van der Waals surface area contributed by atoms with E-state index in [4.69, 9.17) is 9.47 Å². The van der Waals surface area contributed by atoms with Gasteiger partial charge >= 0.3 is 0 Å². The van der Waals surface area contributed by atoms with Crippen molar-refractivity contribution in [3.63, 3.8) is 0 Å². The Labute approximate surface area is 135 Å². The van der Waals surface area contributed by atoms with E-state index < -0.39 is 0 Å². The lowest BCUT2D eigenvalue weighted by atomic mass is 10.0. The minimum Gasteiger partial charge on any atom is -0.349 e. The molecule has 2 aliphatic heterocycles. The molecule has 0 saturated carbocycles. The van der Waals surface area contributed by atoms with Crippen LogP contribution in [-0.2, 0) is 14.3 Å². The average Bonchev–Trinajstić information content (AvgIpc) is 3.06. The van der Waals surface area contributed by atoms with Crippen molar-refractivity contribution in [3.8, 4) is 0 Å². The van der Waals surface area contributed by atoms with E-state index >= 15 is 0 Å². The number of hydrogen-bond acceptors (Lipinski definition) is 4. The lowest BCUT2D eigenvalue weighted by molar-refractivity contribution is -0.127. The summed E-state index contributed by atoms with van der Waals surface area (Å²) in [5.74, 6) is -0.454. The van der Waals surface area contributed by atoms with Crippen LogP contribution >= 0.6 is 0 Å². The molecule has 2 heterocycles. The number of aryl methyl sites for hydroxylation is 1. The highest BCUT2D eigenvalue weighted by Gasteiger charge is 2.34. The van der Waals surface area contributed by atoms with Crippen LogP contribution in [0.4, 0.5) is 10.1 Å². The predicted octanol–water partition coefficient (Wildman–Crippen LogP) is 2.30. The molecular weight excluding hydrogens is 299 g/mol. The molecule has 23 heavy (non-hydrogen) atoms. The summed E-state index contributed by atoms with van der Waals surface area (Å²) in [4.78, 5) is 14.4. The molecule has 6 heteroatoms. The van der Waals surface area contributed by atoms with Crippen molar-refractivity contribution in [2.75, 3.05) is 31.6 Å². The van der Waals surface area contributed by atoms with Crippen molar-refractivity contribution in [2.45, 2.75) is 38.5 Å². The maximum atomic E-state index is 13.6. The number of nitrogens with one attached hydrogen (secondary N) is 1. The Morgan fingerprint density at radius 1 is 1.35 bits per heavy atom. The number of carbonyl (C=O) groups is 1. The second kappa shape index (κ2) is 7.38. The highest BCUT2D eigenvalue weighted by atomic mass is 19.1. The fourth-order valence-electron chi connectivity index (χ4n) is 3.18. The van der Waals surface area contributed by atoms with Crippen molar-refractivity contribution in [3.05, 3.63) is 29.6 Å². The maximum absolute atomic E-state index is 13.6. The monoisotopic (exact) mass is 322 g/mol. The third kappa shape index (κ3) is 4.07. The number of anilines is 1. The zero-order valence-electron chi connectivity index (χ0n) is 13.4. The van der Waals surface area contributed by atoms with Gasteiger partial charge in [-0.1, -0.05) is 12.5 Å². The molecule has 5 nitrogen and oxygen atoms in total. The van der Waals surface area contributed by atoms with E-state index in [2.05, 4.69) is 10.2 Å². The summed E-state index contributed by atoms with van der Waals surface area (Å²) in [6.07, 6.45) is 2.92. The van der Waals surface area contributed by atoms with E-state index in [0.29, 0.717) is 24.5 Å². The van der Waals surface area contributed by atoms with Crippen molar-refractivity contribution in [1.82, 2.24) is 4.90 Å². The molecule has 1 atom stereocenters. The van der Waals surface area contributed by atoms with Gasteiger partial charge < -0.3 is 14.8 Å². The van der Waals surface area contributed by atoms with E-state index in [1.165, 1.54) is 6.07 Å². The van der Waals surface area contributed by atoms with E-state index in [-0.39, 0.29) is 30.6 Å². The highest BCUT2D eigenvalue weighted by molar-refractivity contribution is 5.92. The van der Waals surface area contributed by atoms with Gasteiger partial charge in [-0.25, -0.2) is 4.39 Å². The number of rotatable bonds is 4. The normalized spacial score (nSPS) is 23.1.